The number of rotatable bonds is 1. The van der Waals surface area contributed by atoms with Gasteiger partial charge in [0, 0.05) is 9.15 Å². The first-order chi connectivity index (χ1) is 6.86. The van der Waals surface area contributed by atoms with Crippen molar-refractivity contribution in [2.24, 2.45) is 0 Å². The molecule has 0 unspecified atom stereocenters. The van der Waals surface area contributed by atoms with E-state index in [1.165, 1.54) is 6.33 Å². The second-order valence-electron chi connectivity index (χ2n) is 2.50. The van der Waals surface area contributed by atoms with Crippen molar-refractivity contribution >= 4 is 28.2 Å². The quantitative estimate of drug-likeness (QED) is 0.584. The first kappa shape index (κ1) is 9.23. The van der Waals surface area contributed by atoms with Crippen LogP contribution in [0.2, 0.25) is 0 Å². The van der Waals surface area contributed by atoms with E-state index in [-0.39, 0.29) is 0 Å². The van der Waals surface area contributed by atoms with Crippen LogP contribution in [0, 0.1) is 0 Å². The first-order valence-electron chi connectivity index (χ1n) is 3.87. The Morgan fingerprint density at radius 3 is 2.79 bits per heavy atom. The van der Waals surface area contributed by atoms with E-state index in [0.29, 0.717) is 5.82 Å². The van der Waals surface area contributed by atoms with Crippen molar-refractivity contribution in [3.05, 3.63) is 45.8 Å². The highest BCUT2D eigenvalue weighted by atomic mass is 127. The van der Waals surface area contributed by atoms with Crippen molar-refractivity contribution in [2.45, 2.75) is 0 Å². The molecule has 68 valence electrons. The van der Waals surface area contributed by atoms with Gasteiger partial charge in [0.05, 0.1) is 0 Å². The Bertz CT molecular complexity index is 455. The third-order valence-electron chi connectivity index (χ3n) is 1.54. The number of hydrogen-bond donors (Lipinski definition) is 0. The van der Waals surface area contributed by atoms with Gasteiger partial charge < -0.3 is 0 Å². The highest BCUT2D eigenvalue weighted by Gasteiger charge is 2.03. The molecule has 1 aliphatic carbocycles. The molecule has 0 saturated carbocycles. The van der Waals surface area contributed by atoms with E-state index in [0.717, 1.165) is 9.15 Å². The molecule has 0 bridgehead atoms. The number of allylic oxidation sites excluding steroid dienone is 5. The maximum absolute atomic E-state index is 3.87. The van der Waals surface area contributed by atoms with Crippen LogP contribution in [0.5, 0.6) is 0 Å². The minimum absolute atomic E-state index is 0.512. The maximum atomic E-state index is 3.87. The zero-order valence-corrected chi connectivity index (χ0v) is 9.21. The molecule has 0 spiro atoms. The minimum atomic E-state index is 0.512. The monoisotopic (exact) mass is 296 g/mol. The van der Waals surface area contributed by atoms with Gasteiger partial charge in [-0.25, -0.2) is 0 Å². The summed E-state index contributed by atoms with van der Waals surface area (Å²) in [4.78, 5) is 0. The Balaban J connectivity index is 2.45. The Hall–Kier alpha value is -1.33. The summed E-state index contributed by atoms with van der Waals surface area (Å²) in [5, 5.41) is 15.1. The van der Waals surface area contributed by atoms with Gasteiger partial charge in [-0.2, -0.15) is 0 Å². The molecule has 0 N–H and O–H groups in total. The average molecular weight is 296 g/mol. The van der Waals surface area contributed by atoms with E-state index in [2.05, 4.69) is 48.7 Å². The lowest BCUT2D eigenvalue weighted by atomic mass is 10.2. The van der Waals surface area contributed by atoms with E-state index in [1.54, 1.807) is 6.08 Å². The van der Waals surface area contributed by atoms with E-state index >= 15 is 0 Å². The van der Waals surface area contributed by atoms with Crippen molar-refractivity contribution in [3.63, 3.8) is 0 Å². The molecule has 0 fully saturated rings. The third kappa shape index (κ3) is 2.12. The molecule has 2 rings (SSSR count). The first-order valence-corrected chi connectivity index (χ1v) is 4.95. The van der Waals surface area contributed by atoms with Crippen LogP contribution in [-0.2, 0) is 0 Å². The molecule has 0 atom stereocenters. The molecule has 14 heavy (non-hydrogen) atoms. The van der Waals surface area contributed by atoms with Crippen LogP contribution in [0.15, 0.2) is 39.9 Å². The highest BCUT2D eigenvalue weighted by Crippen LogP contribution is 2.18. The van der Waals surface area contributed by atoms with Crippen LogP contribution in [0.1, 0.15) is 5.82 Å². The van der Waals surface area contributed by atoms with Gasteiger partial charge in [0.1, 0.15) is 0 Å². The molecule has 1 heterocycles. The fourth-order valence-corrected chi connectivity index (χ4v) is 1.47. The molecule has 4 nitrogen and oxygen atoms in total. The lowest BCUT2D eigenvalue weighted by Gasteiger charge is -1.95. The fourth-order valence-electron chi connectivity index (χ4n) is 0.953. The molecule has 1 aromatic heterocycles. The van der Waals surface area contributed by atoms with Crippen molar-refractivity contribution in [2.75, 3.05) is 0 Å². The lowest BCUT2D eigenvalue weighted by Crippen LogP contribution is -1.96. The SMILES string of the molecule is IC1=CC=C=CC(c2nncnn2)=C1. The number of aromatic nitrogens is 4. The van der Waals surface area contributed by atoms with E-state index in [1.807, 2.05) is 18.2 Å². The summed E-state index contributed by atoms with van der Waals surface area (Å²) in [7, 11) is 0. The predicted molar refractivity (Wildman–Crippen MR) is 60.4 cm³/mol. The normalized spacial score (nSPS) is 14.6. The molecule has 0 saturated heterocycles. The van der Waals surface area contributed by atoms with Crippen LogP contribution in [0.25, 0.3) is 5.57 Å². The standard InChI is InChI=1S/C9H5IN4/c10-8-4-2-1-3-7(5-8)9-13-11-6-12-14-9/h2-6H. The maximum Gasteiger partial charge on any atom is 0.204 e. The Kier molecular flexibility index (Phi) is 2.81. The molecule has 1 aliphatic rings. The zero-order chi connectivity index (χ0) is 9.80. The predicted octanol–water partition coefficient (Wildman–Crippen LogP) is 1.69. The molecular formula is C9H5IN4. The highest BCUT2D eigenvalue weighted by molar-refractivity contribution is 14.1. The van der Waals surface area contributed by atoms with Crippen LogP contribution in [0.4, 0.5) is 0 Å². The minimum Gasteiger partial charge on any atom is -0.135 e. The van der Waals surface area contributed by atoms with Gasteiger partial charge in [0.2, 0.25) is 5.82 Å². The smallest absolute Gasteiger partial charge is 0.135 e. The van der Waals surface area contributed by atoms with Gasteiger partial charge in [-0.15, -0.1) is 26.1 Å². The average Bonchev–Trinajstić information content (AvgIpc) is 2.44. The number of nitrogens with zero attached hydrogens (tertiary/aromatic N) is 4. The Labute approximate surface area is 94.3 Å². The van der Waals surface area contributed by atoms with Crippen molar-refractivity contribution in [1.82, 2.24) is 20.4 Å². The molecule has 0 aromatic carbocycles. The topological polar surface area (TPSA) is 51.6 Å². The van der Waals surface area contributed by atoms with E-state index < -0.39 is 0 Å². The molecule has 0 radical (unpaired) electrons. The van der Waals surface area contributed by atoms with E-state index in [9.17, 15) is 0 Å². The fraction of sp³-hybridized carbons (Fsp3) is 0. The van der Waals surface area contributed by atoms with Crippen molar-refractivity contribution in [3.8, 4) is 0 Å². The lowest BCUT2D eigenvalue weighted by molar-refractivity contribution is 0.834. The molecular weight excluding hydrogens is 291 g/mol. The van der Waals surface area contributed by atoms with Crippen LogP contribution in [-0.4, -0.2) is 20.4 Å². The zero-order valence-electron chi connectivity index (χ0n) is 7.05. The molecule has 5 heteroatoms. The summed E-state index contributed by atoms with van der Waals surface area (Å²) in [5.74, 6) is 0.512. The molecule has 1 aromatic rings. The summed E-state index contributed by atoms with van der Waals surface area (Å²) in [6.45, 7) is 0. The van der Waals surface area contributed by atoms with Crippen molar-refractivity contribution < 1.29 is 0 Å². The number of hydrogen-bond acceptors (Lipinski definition) is 4. The van der Waals surface area contributed by atoms with Gasteiger partial charge in [0.15, 0.2) is 6.33 Å². The largest absolute Gasteiger partial charge is 0.204 e. The Morgan fingerprint density at radius 2 is 2.00 bits per heavy atom. The summed E-state index contributed by atoms with van der Waals surface area (Å²) >= 11 is 2.22. The van der Waals surface area contributed by atoms with Gasteiger partial charge in [0.25, 0.3) is 0 Å². The second-order valence-corrected chi connectivity index (χ2v) is 3.74. The Morgan fingerprint density at radius 1 is 1.21 bits per heavy atom. The summed E-state index contributed by atoms with van der Waals surface area (Å²) < 4.78 is 1.09. The van der Waals surface area contributed by atoms with Gasteiger partial charge in [-0.05, 0) is 46.9 Å². The molecule has 0 amide bonds. The van der Waals surface area contributed by atoms with Crippen LogP contribution in [0.3, 0.4) is 0 Å². The van der Waals surface area contributed by atoms with Gasteiger partial charge in [-0.3, -0.25) is 0 Å². The van der Waals surface area contributed by atoms with Gasteiger partial charge >= 0.3 is 0 Å². The van der Waals surface area contributed by atoms with E-state index in [4.69, 9.17) is 0 Å². The van der Waals surface area contributed by atoms with Gasteiger partial charge in [-0.1, -0.05) is 0 Å². The summed E-state index contributed by atoms with van der Waals surface area (Å²) in [6.07, 6.45) is 8.86. The summed E-state index contributed by atoms with van der Waals surface area (Å²) in [6, 6.07) is 0. The molecule has 0 aliphatic heterocycles. The van der Waals surface area contributed by atoms with Crippen molar-refractivity contribution in [1.29, 1.82) is 0 Å². The third-order valence-corrected chi connectivity index (χ3v) is 2.21. The van der Waals surface area contributed by atoms with Crippen LogP contribution >= 0.6 is 22.6 Å². The second kappa shape index (κ2) is 4.26. The van der Waals surface area contributed by atoms with Crippen LogP contribution < -0.4 is 0 Å². The summed E-state index contributed by atoms with van der Waals surface area (Å²) in [5.41, 5.74) is 3.85. The number of halogens is 1.